The van der Waals surface area contributed by atoms with Gasteiger partial charge in [0, 0.05) is 22.3 Å². The summed E-state index contributed by atoms with van der Waals surface area (Å²) < 4.78 is 6.78. The lowest BCUT2D eigenvalue weighted by molar-refractivity contribution is 0.102. The fourth-order valence-corrected chi connectivity index (χ4v) is 3.24. The second-order valence-corrected chi connectivity index (χ2v) is 6.81. The van der Waals surface area contributed by atoms with Crippen LogP contribution in [0.2, 0.25) is 10.0 Å². The number of nitrogens with one attached hydrogen (secondary N) is 1. The largest absolute Gasteiger partial charge is 0.480 e. The lowest BCUT2D eigenvalue weighted by Crippen LogP contribution is -2.12. The Hall–Kier alpha value is -3.09. The monoisotopic (exact) mass is 412 g/mol. The van der Waals surface area contributed by atoms with Crippen LogP contribution < -0.4 is 10.1 Å². The van der Waals surface area contributed by atoms with E-state index in [0.29, 0.717) is 32.8 Å². The molecule has 2 aromatic carbocycles. The molecule has 0 unspecified atom stereocenters. The number of imidazole rings is 1. The van der Waals surface area contributed by atoms with Crippen LogP contribution in [0.3, 0.4) is 0 Å². The van der Waals surface area contributed by atoms with E-state index in [0.717, 1.165) is 11.3 Å². The molecule has 2 aromatic heterocycles. The number of amides is 1. The van der Waals surface area contributed by atoms with Crippen molar-refractivity contribution in [3.05, 3.63) is 76.4 Å². The van der Waals surface area contributed by atoms with Gasteiger partial charge in [0.05, 0.1) is 29.6 Å². The first-order valence-electron chi connectivity index (χ1n) is 8.31. The van der Waals surface area contributed by atoms with Crippen molar-refractivity contribution in [2.75, 3.05) is 12.4 Å². The van der Waals surface area contributed by atoms with Gasteiger partial charge in [-0.3, -0.25) is 4.79 Å². The third-order valence-electron chi connectivity index (χ3n) is 4.10. The minimum atomic E-state index is -0.319. The number of hydrogen-bond acceptors (Lipinski definition) is 4. The highest BCUT2D eigenvalue weighted by molar-refractivity contribution is 6.37. The smallest absolute Gasteiger partial charge is 0.257 e. The molecule has 4 aromatic rings. The van der Waals surface area contributed by atoms with E-state index in [2.05, 4.69) is 15.4 Å². The van der Waals surface area contributed by atoms with E-state index in [1.165, 1.54) is 6.07 Å². The number of hydrogen-bond donors (Lipinski definition) is 1. The van der Waals surface area contributed by atoms with E-state index in [1.54, 1.807) is 42.1 Å². The molecule has 1 amide bonds. The highest BCUT2D eigenvalue weighted by Gasteiger charge is 2.12. The molecule has 28 heavy (non-hydrogen) atoms. The zero-order valence-electron chi connectivity index (χ0n) is 14.7. The fourth-order valence-electron chi connectivity index (χ4n) is 2.74. The molecule has 1 N–H and O–H groups in total. The summed E-state index contributed by atoms with van der Waals surface area (Å²) in [5, 5.41) is 7.91. The summed E-state index contributed by atoms with van der Waals surface area (Å²) in [6, 6.07) is 15.7. The van der Waals surface area contributed by atoms with Crippen LogP contribution in [0.5, 0.6) is 5.88 Å². The number of ether oxygens (including phenoxy) is 1. The Bertz CT molecular complexity index is 1190. The third-order valence-corrected chi connectivity index (χ3v) is 4.64. The van der Waals surface area contributed by atoms with Crippen LogP contribution in [0.15, 0.2) is 60.8 Å². The molecule has 2 heterocycles. The summed E-state index contributed by atoms with van der Waals surface area (Å²) in [6.07, 6.45) is 1.80. The molecule has 8 heteroatoms. The van der Waals surface area contributed by atoms with E-state index in [4.69, 9.17) is 27.9 Å². The van der Waals surface area contributed by atoms with Gasteiger partial charge in [-0.1, -0.05) is 35.3 Å². The number of carbonyl (C=O) groups excluding carboxylic acids is 1. The topological polar surface area (TPSA) is 68.5 Å². The number of anilines is 1. The molecule has 0 bridgehead atoms. The third kappa shape index (κ3) is 3.65. The number of carbonyl (C=O) groups is 1. The number of rotatable bonds is 4. The van der Waals surface area contributed by atoms with E-state index in [-0.39, 0.29) is 5.91 Å². The van der Waals surface area contributed by atoms with Crippen molar-refractivity contribution in [3.8, 4) is 17.1 Å². The van der Waals surface area contributed by atoms with Gasteiger partial charge in [0.15, 0.2) is 5.65 Å². The Balaban J connectivity index is 1.61. The highest BCUT2D eigenvalue weighted by atomic mass is 35.5. The molecule has 0 atom stereocenters. The Kier molecular flexibility index (Phi) is 4.90. The maximum atomic E-state index is 12.5. The molecular formula is C20H14Cl2N4O2. The van der Waals surface area contributed by atoms with Crippen LogP contribution >= 0.6 is 23.2 Å². The van der Waals surface area contributed by atoms with E-state index < -0.39 is 0 Å². The van der Waals surface area contributed by atoms with Gasteiger partial charge in [0.2, 0.25) is 5.88 Å². The molecule has 0 aliphatic heterocycles. The molecular weight excluding hydrogens is 399 g/mol. The molecule has 0 radical (unpaired) electrons. The lowest BCUT2D eigenvalue weighted by Gasteiger charge is -2.08. The van der Waals surface area contributed by atoms with Gasteiger partial charge in [-0.2, -0.15) is 0 Å². The van der Waals surface area contributed by atoms with E-state index in [1.807, 2.05) is 24.3 Å². The quantitative estimate of drug-likeness (QED) is 0.513. The Morgan fingerprint density at radius 1 is 1.11 bits per heavy atom. The maximum Gasteiger partial charge on any atom is 0.257 e. The minimum Gasteiger partial charge on any atom is -0.480 e. The van der Waals surface area contributed by atoms with Gasteiger partial charge in [-0.15, -0.1) is 5.10 Å². The van der Waals surface area contributed by atoms with Crippen LogP contribution in [0.25, 0.3) is 16.9 Å². The zero-order chi connectivity index (χ0) is 19.7. The van der Waals surface area contributed by atoms with Crippen molar-refractivity contribution in [1.82, 2.24) is 14.6 Å². The molecule has 0 spiro atoms. The lowest BCUT2D eigenvalue weighted by atomic mass is 10.1. The predicted molar refractivity (Wildman–Crippen MR) is 109 cm³/mol. The summed E-state index contributed by atoms with van der Waals surface area (Å²) in [5.74, 6) is 0.178. The number of halogens is 2. The SMILES string of the molecule is COc1ccc2nc(-c3cccc(NC(=O)c4ccc(Cl)cc4Cl)c3)cn2n1. The first kappa shape index (κ1) is 18.3. The number of aromatic nitrogens is 3. The summed E-state index contributed by atoms with van der Waals surface area (Å²) in [6.45, 7) is 0. The molecule has 0 fully saturated rings. The molecule has 0 aliphatic rings. The van der Waals surface area contributed by atoms with Crippen molar-refractivity contribution >= 4 is 40.4 Å². The molecule has 0 saturated carbocycles. The van der Waals surface area contributed by atoms with E-state index >= 15 is 0 Å². The minimum absolute atomic E-state index is 0.293. The number of benzene rings is 2. The van der Waals surface area contributed by atoms with Crippen LogP contribution in [0.4, 0.5) is 5.69 Å². The number of methoxy groups -OCH3 is 1. The standard InChI is InChI=1S/C20H14Cl2N4O2/c1-28-19-8-7-18-24-17(11-26(18)25-19)12-3-2-4-14(9-12)23-20(27)15-6-5-13(21)10-16(15)22/h2-11H,1H3,(H,23,27). The van der Waals surface area contributed by atoms with Gasteiger partial charge in [-0.25, -0.2) is 9.50 Å². The normalized spacial score (nSPS) is 10.8. The predicted octanol–water partition coefficient (Wildman–Crippen LogP) is 4.96. The van der Waals surface area contributed by atoms with Crippen molar-refractivity contribution in [2.24, 2.45) is 0 Å². The van der Waals surface area contributed by atoms with Gasteiger partial charge in [0.1, 0.15) is 0 Å². The van der Waals surface area contributed by atoms with Crippen LogP contribution in [0.1, 0.15) is 10.4 Å². The summed E-state index contributed by atoms with van der Waals surface area (Å²) in [5.41, 5.74) is 3.22. The maximum absolute atomic E-state index is 12.5. The molecule has 0 saturated heterocycles. The van der Waals surface area contributed by atoms with Crippen LogP contribution in [0, 0.1) is 0 Å². The molecule has 0 aliphatic carbocycles. The van der Waals surface area contributed by atoms with Gasteiger partial charge < -0.3 is 10.1 Å². The first-order chi connectivity index (χ1) is 13.5. The van der Waals surface area contributed by atoms with Gasteiger partial charge >= 0.3 is 0 Å². The van der Waals surface area contributed by atoms with Crippen LogP contribution in [-0.2, 0) is 0 Å². The highest BCUT2D eigenvalue weighted by Crippen LogP contribution is 2.25. The number of nitrogens with zero attached hydrogens (tertiary/aromatic N) is 3. The van der Waals surface area contributed by atoms with Crippen LogP contribution in [-0.4, -0.2) is 27.6 Å². The second kappa shape index (κ2) is 7.50. The Morgan fingerprint density at radius 3 is 2.75 bits per heavy atom. The summed E-state index contributed by atoms with van der Waals surface area (Å²) >= 11 is 12.0. The molecule has 4 rings (SSSR count). The summed E-state index contributed by atoms with van der Waals surface area (Å²) in [4.78, 5) is 17.1. The van der Waals surface area contributed by atoms with Crippen molar-refractivity contribution in [2.45, 2.75) is 0 Å². The van der Waals surface area contributed by atoms with Gasteiger partial charge in [-0.05, 0) is 36.4 Å². The summed E-state index contributed by atoms with van der Waals surface area (Å²) in [7, 11) is 1.56. The van der Waals surface area contributed by atoms with Crippen molar-refractivity contribution in [1.29, 1.82) is 0 Å². The Labute approximate surface area is 170 Å². The average Bonchev–Trinajstić information content (AvgIpc) is 3.11. The van der Waals surface area contributed by atoms with E-state index in [9.17, 15) is 4.79 Å². The molecule has 140 valence electrons. The van der Waals surface area contributed by atoms with Crippen molar-refractivity contribution in [3.63, 3.8) is 0 Å². The first-order valence-corrected chi connectivity index (χ1v) is 9.06. The second-order valence-electron chi connectivity index (χ2n) is 5.96. The fraction of sp³-hybridized carbons (Fsp3) is 0.0500. The average molecular weight is 413 g/mol. The van der Waals surface area contributed by atoms with Crippen molar-refractivity contribution < 1.29 is 9.53 Å². The number of fused-ring (bicyclic) bond motifs is 1. The Morgan fingerprint density at radius 2 is 1.96 bits per heavy atom. The zero-order valence-corrected chi connectivity index (χ0v) is 16.2. The van der Waals surface area contributed by atoms with Gasteiger partial charge in [0.25, 0.3) is 5.91 Å². The molecule has 6 nitrogen and oxygen atoms in total.